The molecule has 1 aromatic carbocycles. The van der Waals surface area contributed by atoms with Crippen LogP contribution in [0.3, 0.4) is 0 Å². The molecule has 1 atom stereocenters. The zero-order chi connectivity index (χ0) is 16.2. The highest BCUT2D eigenvalue weighted by atomic mass is 32.2. The van der Waals surface area contributed by atoms with Gasteiger partial charge in [0.1, 0.15) is 6.54 Å². The number of aliphatic carboxylic acids is 1. The van der Waals surface area contributed by atoms with Crippen LogP contribution in [0.15, 0.2) is 29.2 Å². The molecule has 0 bridgehead atoms. The summed E-state index contributed by atoms with van der Waals surface area (Å²) < 4.78 is 25.1. The third kappa shape index (κ3) is 4.18. The van der Waals surface area contributed by atoms with Gasteiger partial charge in [0.15, 0.2) is 0 Å². The van der Waals surface area contributed by atoms with Crippen LogP contribution in [0.25, 0.3) is 0 Å². The topological polar surface area (TPSA) is 77.9 Å². The summed E-state index contributed by atoms with van der Waals surface area (Å²) in [5.74, 6) is -0.916. The van der Waals surface area contributed by atoms with Crippen molar-refractivity contribution in [3.63, 3.8) is 0 Å². The van der Waals surface area contributed by atoms with Gasteiger partial charge in [-0.2, -0.15) is 0 Å². The van der Waals surface area contributed by atoms with E-state index in [9.17, 15) is 13.2 Å². The molecular weight excluding hydrogens is 292 g/mol. The lowest BCUT2D eigenvalue weighted by atomic mass is 10.2. The lowest BCUT2D eigenvalue weighted by Crippen LogP contribution is -2.37. The fourth-order valence-corrected chi connectivity index (χ4v) is 2.79. The molecule has 0 fully saturated rings. The van der Waals surface area contributed by atoms with Crippen molar-refractivity contribution in [2.75, 3.05) is 25.5 Å². The van der Waals surface area contributed by atoms with E-state index in [2.05, 4.69) is 0 Å². The standard InChI is InChI=1S/C14H22N2O4S/c1-5-11(2)16(10-14(17)18)12-6-8-13(9-7-12)21(19,20)15(3)4/h6-9,11H,5,10H2,1-4H3,(H,17,18). The minimum Gasteiger partial charge on any atom is -0.480 e. The van der Waals surface area contributed by atoms with Gasteiger partial charge in [0, 0.05) is 25.8 Å². The van der Waals surface area contributed by atoms with Crippen molar-refractivity contribution in [2.45, 2.75) is 31.2 Å². The monoisotopic (exact) mass is 314 g/mol. The molecule has 118 valence electrons. The fraction of sp³-hybridized carbons (Fsp3) is 0.500. The normalized spacial score (nSPS) is 13.2. The smallest absolute Gasteiger partial charge is 0.323 e. The van der Waals surface area contributed by atoms with Gasteiger partial charge in [-0.15, -0.1) is 0 Å². The van der Waals surface area contributed by atoms with E-state index >= 15 is 0 Å². The molecule has 1 unspecified atom stereocenters. The molecule has 0 aromatic heterocycles. The van der Waals surface area contributed by atoms with E-state index in [-0.39, 0.29) is 17.5 Å². The molecule has 1 N–H and O–H groups in total. The summed E-state index contributed by atoms with van der Waals surface area (Å²) in [7, 11) is -0.527. The number of carboxylic acid groups (broad SMARTS) is 1. The maximum absolute atomic E-state index is 12.0. The largest absolute Gasteiger partial charge is 0.480 e. The molecule has 0 saturated carbocycles. The van der Waals surface area contributed by atoms with E-state index in [1.165, 1.54) is 26.2 Å². The average molecular weight is 314 g/mol. The zero-order valence-corrected chi connectivity index (χ0v) is 13.6. The highest BCUT2D eigenvalue weighted by Gasteiger charge is 2.19. The molecule has 1 rings (SSSR count). The summed E-state index contributed by atoms with van der Waals surface area (Å²) in [6.45, 7) is 3.80. The predicted octanol–water partition coefficient (Wildman–Crippen LogP) is 1.63. The highest BCUT2D eigenvalue weighted by molar-refractivity contribution is 7.89. The molecular formula is C14H22N2O4S. The van der Waals surface area contributed by atoms with Crippen molar-refractivity contribution >= 4 is 21.7 Å². The van der Waals surface area contributed by atoms with E-state index < -0.39 is 16.0 Å². The molecule has 6 nitrogen and oxygen atoms in total. The number of carbonyl (C=O) groups is 1. The number of hydrogen-bond donors (Lipinski definition) is 1. The van der Waals surface area contributed by atoms with Gasteiger partial charge >= 0.3 is 5.97 Å². The van der Waals surface area contributed by atoms with E-state index in [1.54, 1.807) is 17.0 Å². The van der Waals surface area contributed by atoms with Crippen LogP contribution in [0.1, 0.15) is 20.3 Å². The van der Waals surface area contributed by atoms with Crippen molar-refractivity contribution < 1.29 is 18.3 Å². The van der Waals surface area contributed by atoms with Crippen molar-refractivity contribution in [3.05, 3.63) is 24.3 Å². The predicted molar refractivity (Wildman–Crippen MR) is 82.0 cm³/mol. The van der Waals surface area contributed by atoms with Crippen LogP contribution in [-0.4, -0.2) is 50.5 Å². The molecule has 0 aliphatic heterocycles. The maximum atomic E-state index is 12.0. The van der Waals surface area contributed by atoms with Crippen LogP contribution >= 0.6 is 0 Å². The number of carboxylic acids is 1. The molecule has 0 amide bonds. The van der Waals surface area contributed by atoms with Gasteiger partial charge in [-0.05, 0) is 37.6 Å². The summed E-state index contributed by atoms with van der Waals surface area (Å²) in [5.41, 5.74) is 0.699. The fourth-order valence-electron chi connectivity index (χ4n) is 1.89. The van der Waals surface area contributed by atoms with Crippen LogP contribution in [0.2, 0.25) is 0 Å². The second kappa shape index (κ2) is 6.91. The van der Waals surface area contributed by atoms with E-state index in [4.69, 9.17) is 5.11 Å². The van der Waals surface area contributed by atoms with Gasteiger partial charge in [-0.25, -0.2) is 12.7 Å². The molecule has 21 heavy (non-hydrogen) atoms. The minimum absolute atomic E-state index is 0.0532. The molecule has 0 spiro atoms. The lowest BCUT2D eigenvalue weighted by Gasteiger charge is -2.29. The van der Waals surface area contributed by atoms with Crippen LogP contribution in [0.5, 0.6) is 0 Å². The van der Waals surface area contributed by atoms with Crippen LogP contribution in [0.4, 0.5) is 5.69 Å². The Morgan fingerprint density at radius 1 is 1.24 bits per heavy atom. The molecule has 0 heterocycles. The van der Waals surface area contributed by atoms with E-state index in [0.29, 0.717) is 5.69 Å². The minimum atomic E-state index is -3.47. The van der Waals surface area contributed by atoms with Gasteiger partial charge in [0.25, 0.3) is 0 Å². The third-order valence-electron chi connectivity index (χ3n) is 3.38. The number of benzene rings is 1. The Hall–Kier alpha value is -1.60. The van der Waals surface area contributed by atoms with Gasteiger partial charge < -0.3 is 10.0 Å². The number of nitrogens with zero attached hydrogens (tertiary/aromatic N) is 2. The summed E-state index contributed by atoms with van der Waals surface area (Å²) in [6.07, 6.45) is 0.797. The number of anilines is 1. The van der Waals surface area contributed by atoms with Gasteiger partial charge in [-0.1, -0.05) is 6.92 Å². The van der Waals surface area contributed by atoms with Crippen molar-refractivity contribution in [1.29, 1.82) is 0 Å². The summed E-state index contributed by atoms with van der Waals surface area (Å²) in [4.78, 5) is 12.9. The SMILES string of the molecule is CCC(C)N(CC(=O)O)c1ccc(S(=O)(=O)N(C)C)cc1. The van der Waals surface area contributed by atoms with Crippen LogP contribution < -0.4 is 4.90 Å². The molecule has 0 saturated heterocycles. The summed E-state index contributed by atoms with van der Waals surface area (Å²) >= 11 is 0. The second-order valence-corrected chi connectivity index (χ2v) is 7.21. The summed E-state index contributed by atoms with van der Waals surface area (Å²) in [6, 6.07) is 6.35. The zero-order valence-electron chi connectivity index (χ0n) is 12.8. The van der Waals surface area contributed by atoms with Gasteiger partial charge in [0.2, 0.25) is 10.0 Å². The first-order chi connectivity index (χ1) is 9.70. The lowest BCUT2D eigenvalue weighted by molar-refractivity contribution is -0.135. The van der Waals surface area contributed by atoms with E-state index in [0.717, 1.165) is 10.7 Å². The van der Waals surface area contributed by atoms with Gasteiger partial charge in [0.05, 0.1) is 4.90 Å². The van der Waals surface area contributed by atoms with Crippen LogP contribution in [0, 0.1) is 0 Å². The first kappa shape index (κ1) is 17.5. The number of hydrogen-bond acceptors (Lipinski definition) is 4. The molecule has 1 aromatic rings. The van der Waals surface area contributed by atoms with E-state index in [1.807, 2.05) is 13.8 Å². The first-order valence-corrected chi connectivity index (χ1v) is 8.15. The first-order valence-electron chi connectivity index (χ1n) is 6.71. The van der Waals surface area contributed by atoms with Gasteiger partial charge in [-0.3, -0.25) is 4.79 Å². The molecule has 7 heteroatoms. The Bertz CT molecular complexity index is 581. The van der Waals surface area contributed by atoms with Crippen LogP contribution in [-0.2, 0) is 14.8 Å². The van der Waals surface area contributed by atoms with Crippen molar-refractivity contribution in [2.24, 2.45) is 0 Å². The van der Waals surface area contributed by atoms with Crippen molar-refractivity contribution in [1.82, 2.24) is 4.31 Å². The van der Waals surface area contributed by atoms with Crippen molar-refractivity contribution in [3.8, 4) is 0 Å². The maximum Gasteiger partial charge on any atom is 0.323 e. The molecule has 0 aliphatic rings. The molecule has 0 aliphatic carbocycles. The Morgan fingerprint density at radius 2 is 1.76 bits per heavy atom. The number of sulfonamides is 1. The quantitative estimate of drug-likeness (QED) is 0.827. The Labute approximate surface area is 126 Å². The average Bonchev–Trinajstić information content (AvgIpc) is 2.43. The number of rotatable bonds is 7. The molecule has 0 radical (unpaired) electrons. The highest BCUT2D eigenvalue weighted by Crippen LogP contribution is 2.22. The second-order valence-electron chi connectivity index (χ2n) is 5.06. The Balaban J connectivity index is 3.11. The third-order valence-corrected chi connectivity index (χ3v) is 5.20. The summed E-state index contributed by atoms with van der Waals surface area (Å²) in [5, 5.41) is 9.00. The Kier molecular flexibility index (Phi) is 5.74. The Morgan fingerprint density at radius 3 is 2.14 bits per heavy atom.